The number of pyridine rings is 1. The SMILES string of the molecule is CCNC(=O)c1cc(C)c2c(n1)NC1CCCN2C1.FC(F)F. The summed E-state index contributed by atoms with van der Waals surface area (Å²) in [4.78, 5) is 18.8. The molecule has 2 aliphatic heterocycles. The fraction of sp³-hybridized carbons (Fsp3) is 0.600. The number of alkyl halides is 3. The van der Waals surface area contributed by atoms with Gasteiger partial charge in [0, 0.05) is 25.7 Å². The van der Waals surface area contributed by atoms with E-state index in [1.54, 1.807) is 0 Å². The van der Waals surface area contributed by atoms with Crippen molar-refractivity contribution in [3.05, 3.63) is 17.3 Å². The highest BCUT2D eigenvalue weighted by atomic mass is 19.4. The van der Waals surface area contributed by atoms with Crippen molar-refractivity contribution in [1.82, 2.24) is 10.3 Å². The number of piperidine rings is 1. The molecular formula is C15H21F3N4O. The lowest BCUT2D eigenvalue weighted by atomic mass is 10.00. The Morgan fingerprint density at radius 2 is 2.22 bits per heavy atom. The van der Waals surface area contributed by atoms with Crippen molar-refractivity contribution in [3.8, 4) is 0 Å². The monoisotopic (exact) mass is 330 g/mol. The van der Waals surface area contributed by atoms with Gasteiger partial charge in [0.15, 0.2) is 5.82 Å². The minimum Gasteiger partial charge on any atom is -0.366 e. The number of amides is 1. The van der Waals surface area contributed by atoms with Crippen molar-refractivity contribution in [2.24, 2.45) is 0 Å². The van der Waals surface area contributed by atoms with Gasteiger partial charge in [0.25, 0.3) is 5.91 Å². The number of hydrogen-bond donors (Lipinski definition) is 2. The summed E-state index contributed by atoms with van der Waals surface area (Å²) in [5.41, 5.74) is 2.80. The zero-order chi connectivity index (χ0) is 17.0. The Kier molecular flexibility index (Phi) is 5.68. The molecule has 1 aromatic heterocycles. The molecule has 1 unspecified atom stereocenters. The molecule has 0 spiro atoms. The Balaban J connectivity index is 0.000000433. The number of carbonyl (C=O) groups is 1. The zero-order valence-electron chi connectivity index (χ0n) is 13.2. The van der Waals surface area contributed by atoms with Gasteiger partial charge in [0.1, 0.15) is 5.69 Å². The van der Waals surface area contributed by atoms with E-state index < -0.39 is 6.68 Å². The van der Waals surface area contributed by atoms with Crippen LogP contribution >= 0.6 is 0 Å². The Morgan fingerprint density at radius 1 is 1.52 bits per heavy atom. The minimum atomic E-state index is -3.67. The summed E-state index contributed by atoms with van der Waals surface area (Å²) in [6.07, 6.45) is 2.40. The van der Waals surface area contributed by atoms with Gasteiger partial charge in [-0.15, -0.1) is 0 Å². The smallest absolute Gasteiger partial charge is 0.366 e. The number of carbonyl (C=O) groups excluding carboxylic acids is 1. The fourth-order valence-corrected chi connectivity index (χ4v) is 3.02. The number of fused-ring (bicyclic) bond motifs is 4. The molecule has 0 aromatic carbocycles. The highest BCUT2D eigenvalue weighted by Crippen LogP contribution is 2.36. The first-order valence-electron chi connectivity index (χ1n) is 7.66. The molecule has 0 aliphatic carbocycles. The predicted molar refractivity (Wildman–Crippen MR) is 83.0 cm³/mol. The van der Waals surface area contributed by atoms with E-state index in [2.05, 4.69) is 27.4 Å². The highest BCUT2D eigenvalue weighted by Gasteiger charge is 2.30. The maximum absolute atomic E-state index is 11.9. The maximum Gasteiger partial charge on any atom is 0.379 e. The lowest BCUT2D eigenvalue weighted by Gasteiger charge is -2.41. The quantitative estimate of drug-likeness (QED) is 0.875. The lowest BCUT2D eigenvalue weighted by molar-refractivity contribution is 0.00818. The molecular weight excluding hydrogens is 309 g/mol. The van der Waals surface area contributed by atoms with E-state index in [-0.39, 0.29) is 5.91 Å². The number of aryl methyl sites for hydroxylation is 1. The van der Waals surface area contributed by atoms with E-state index in [0.29, 0.717) is 18.3 Å². The molecule has 1 amide bonds. The second-order valence-corrected chi connectivity index (χ2v) is 5.56. The van der Waals surface area contributed by atoms with Crippen molar-refractivity contribution < 1.29 is 18.0 Å². The van der Waals surface area contributed by atoms with E-state index >= 15 is 0 Å². The van der Waals surface area contributed by atoms with Gasteiger partial charge < -0.3 is 15.5 Å². The summed E-state index contributed by atoms with van der Waals surface area (Å²) in [6, 6.07) is 2.36. The Labute approximate surface area is 133 Å². The summed E-state index contributed by atoms with van der Waals surface area (Å²) in [5.74, 6) is 0.776. The van der Waals surface area contributed by atoms with Gasteiger partial charge in [-0.05, 0) is 38.3 Å². The zero-order valence-corrected chi connectivity index (χ0v) is 13.2. The van der Waals surface area contributed by atoms with Crippen molar-refractivity contribution in [3.63, 3.8) is 0 Å². The van der Waals surface area contributed by atoms with Gasteiger partial charge in [-0.1, -0.05) is 0 Å². The summed E-state index contributed by atoms with van der Waals surface area (Å²) < 4.78 is 29.0. The number of aromatic nitrogens is 1. The first kappa shape index (κ1) is 17.4. The Hall–Kier alpha value is -1.99. The van der Waals surface area contributed by atoms with Crippen LogP contribution in [0.25, 0.3) is 0 Å². The van der Waals surface area contributed by atoms with Gasteiger partial charge in [-0.3, -0.25) is 4.79 Å². The third kappa shape index (κ3) is 4.27. The summed E-state index contributed by atoms with van der Waals surface area (Å²) in [6.45, 7) is 3.07. The average Bonchev–Trinajstić information content (AvgIpc) is 2.46. The van der Waals surface area contributed by atoms with Gasteiger partial charge in [-0.25, -0.2) is 4.98 Å². The number of nitrogens with zero attached hydrogens (tertiary/aromatic N) is 2. The number of rotatable bonds is 2. The molecule has 3 heterocycles. The van der Waals surface area contributed by atoms with Crippen LogP contribution in [0.15, 0.2) is 6.07 Å². The van der Waals surface area contributed by atoms with Crippen LogP contribution in [0.5, 0.6) is 0 Å². The molecule has 0 radical (unpaired) electrons. The van der Waals surface area contributed by atoms with Crippen LogP contribution in [0.1, 0.15) is 35.8 Å². The molecule has 23 heavy (non-hydrogen) atoms. The van der Waals surface area contributed by atoms with E-state index in [9.17, 15) is 18.0 Å². The second kappa shape index (κ2) is 7.52. The van der Waals surface area contributed by atoms with Crippen LogP contribution in [0.2, 0.25) is 0 Å². The van der Waals surface area contributed by atoms with Gasteiger partial charge in [0.05, 0.1) is 5.69 Å². The number of halogens is 3. The largest absolute Gasteiger partial charge is 0.379 e. The van der Waals surface area contributed by atoms with Crippen molar-refractivity contribution in [1.29, 1.82) is 0 Å². The number of anilines is 2. The molecule has 2 aliphatic rings. The third-order valence-electron chi connectivity index (χ3n) is 3.83. The normalized spacial score (nSPS) is 18.5. The Morgan fingerprint density at radius 3 is 2.87 bits per heavy atom. The van der Waals surface area contributed by atoms with E-state index in [1.807, 2.05) is 13.0 Å². The van der Waals surface area contributed by atoms with Gasteiger partial charge in [-0.2, -0.15) is 13.2 Å². The van der Waals surface area contributed by atoms with Crippen LogP contribution in [0.4, 0.5) is 24.7 Å². The third-order valence-corrected chi connectivity index (χ3v) is 3.83. The first-order chi connectivity index (χ1) is 10.9. The molecule has 3 rings (SSSR count). The molecule has 2 bridgehead atoms. The summed E-state index contributed by atoms with van der Waals surface area (Å²) in [5, 5.41) is 6.28. The van der Waals surface area contributed by atoms with Crippen molar-refractivity contribution >= 4 is 17.4 Å². The van der Waals surface area contributed by atoms with Crippen LogP contribution in [-0.4, -0.2) is 43.2 Å². The van der Waals surface area contributed by atoms with Gasteiger partial charge in [0.2, 0.25) is 0 Å². The van der Waals surface area contributed by atoms with Crippen LogP contribution in [0, 0.1) is 6.92 Å². The Bertz CT molecular complexity index is 565. The molecule has 8 heteroatoms. The van der Waals surface area contributed by atoms with Crippen LogP contribution in [0.3, 0.4) is 0 Å². The molecule has 5 nitrogen and oxygen atoms in total. The highest BCUT2D eigenvalue weighted by molar-refractivity contribution is 5.94. The number of hydrogen-bond acceptors (Lipinski definition) is 4. The topological polar surface area (TPSA) is 57.3 Å². The molecule has 2 N–H and O–H groups in total. The molecule has 1 aromatic rings. The standard InChI is InChI=1S/C14H20N4O.CHF3/c1-3-15-14(19)11-7-9(2)12-13(17-11)16-10-5-4-6-18(12)8-10;2-1(3)4/h7,10H,3-6,8H2,1-2H3,(H,15,19)(H,16,17);1H. The van der Waals surface area contributed by atoms with Crippen molar-refractivity contribution in [2.75, 3.05) is 29.9 Å². The molecule has 1 atom stereocenters. The van der Waals surface area contributed by atoms with Crippen LogP contribution < -0.4 is 15.5 Å². The second-order valence-electron chi connectivity index (χ2n) is 5.56. The van der Waals surface area contributed by atoms with Crippen LogP contribution in [-0.2, 0) is 0 Å². The average molecular weight is 330 g/mol. The van der Waals surface area contributed by atoms with E-state index in [4.69, 9.17) is 0 Å². The first-order valence-corrected chi connectivity index (χ1v) is 7.66. The summed E-state index contributed by atoms with van der Waals surface area (Å²) in [7, 11) is 0. The summed E-state index contributed by atoms with van der Waals surface area (Å²) >= 11 is 0. The van der Waals surface area contributed by atoms with E-state index in [0.717, 1.165) is 24.5 Å². The number of nitrogens with one attached hydrogen (secondary N) is 2. The molecule has 1 fully saturated rings. The lowest BCUT2D eigenvalue weighted by Crippen LogP contribution is -2.47. The fourth-order valence-electron chi connectivity index (χ4n) is 3.02. The van der Waals surface area contributed by atoms with Gasteiger partial charge >= 0.3 is 6.68 Å². The van der Waals surface area contributed by atoms with Crippen molar-refractivity contribution in [2.45, 2.75) is 39.4 Å². The van der Waals surface area contributed by atoms with E-state index in [1.165, 1.54) is 18.5 Å². The molecule has 0 saturated carbocycles. The predicted octanol–water partition coefficient (Wildman–Crippen LogP) is 2.71. The maximum atomic E-state index is 11.9. The molecule has 128 valence electrons. The minimum absolute atomic E-state index is 0.0964. The molecule has 1 saturated heterocycles.